The molecule has 0 saturated heterocycles. The van der Waals surface area contributed by atoms with Crippen molar-refractivity contribution in [2.45, 2.75) is 38.7 Å². The second-order valence-corrected chi connectivity index (χ2v) is 5.89. The van der Waals surface area contributed by atoms with Gasteiger partial charge >= 0.3 is 0 Å². The lowest BCUT2D eigenvalue weighted by Gasteiger charge is -2.25. The van der Waals surface area contributed by atoms with Crippen molar-refractivity contribution in [3.63, 3.8) is 0 Å². The molecule has 0 bridgehead atoms. The Morgan fingerprint density at radius 1 is 1.39 bits per heavy atom. The third-order valence-corrected chi connectivity index (χ3v) is 4.15. The second-order valence-electron chi connectivity index (χ2n) is 4.97. The van der Waals surface area contributed by atoms with E-state index in [1.165, 1.54) is 19.3 Å². The van der Waals surface area contributed by atoms with Crippen LogP contribution in [0, 0.1) is 5.92 Å². The van der Waals surface area contributed by atoms with E-state index >= 15 is 0 Å². The molecule has 98 valence electrons. The molecule has 1 fully saturated rings. The maximum absolute atomic E-state index is 12.1. The molecule has 0 spiro atoms. The number of Topliss-reactive ketones (excluding diaryl/α,β-unsaturated/α-hetero) is 1. The zero-order valence-electron chi connectivity index (χ0n) is 10.7. The van der Waals surface area contributed by atoms with Gasteiger partial charge in [-0.25, -0.2) is 0 Å². The molecular weight excluding hydrogens is 292 g/mol. The lowest BCUT2D eigenvalue weighted by Crippen LogP contribution is -2.23. The zero-order valence-corrected chi connectivity index (χ0v) is 12.3. The van der Waals surface area contributed by atoms with Crippen LogP contribution in [0.1, 0.15) is 43.0 Å². The summed E-state index contributed by atoms with van der Waals surface area (Å²) in [5.41, 5.74) is 0.717. The monoisotopic (exact) mass is 310 g/mol. The summed E-state index contributed by atoms with van der Waals surface area (Å²) in [5, 5.41) is 0. The number of benzene rings is 1. The molecule has 2 rings (SSSR count). The molecule has 0 amide bonds. The molecule has 0 aliphatic heterocycles. The van der Waals surface area contributed by atoms with Gasteiger partial charge in [0.25, 0.3) is 0 Å². The number of hydrogen-bond acceptors (Lipinski definition) is 2. The van der Waals surface area contributed by atoms with E-state index in [1.54, 1.807) is 0 Å². The van der Waals surface area contributed by atoms with Crippen LogP contribution in [-0.4, -0.2) is 18.5 Å². The Hall–Kier alpha value is -0.670. The molecule has 1 saturated carbocycles. The molecule has 0 heterocycles. The van der Waals surface area contributed by atoms with E-state index in [2.05, 4.69) is 15.9 Å². The summed E-state index contributed by atoms with van der Waals surface area (Å²) in [6.07, 6.45) is 4.78. The van der Waals surface area contributed by atoms with Crippen molar-refractivity contribution < 1.29 is 9.53 Å². The van der Waals surface area contributed by atoms with Crippen LogP contribution in [0.4, 0.5) is 0 Å². The quantitative estimate of drug-likeness (QED) is 0.735. The van der Waals surface area contributed by atoms with Gasteiger partial charge in [-0.15, -0.1) is 0 Å². The molecule has 3 heteroatoms. The van der Waals surface area contributed by atoms with Gasteiger partial charge in [0, 0.05) is 16.6 Å². The van der Waals surface area contributed by atoms with Crippen LogP contribution < -0.4 is 0 Å². The predicted molar refractivity (Wildman–Crippen MR) is 75.8 cm³/mol. The summed E-state index contributed by atoms with van der Waals surface area (Å²) in [4.78, 5) is 12.1. The molecular formula is C15H19BrO2. The van der Waals surface area contributed by atoms with Gasteiger partial charge in [0.2, 0.25) is 0 Å². The van der Waals surface area contributed by atoms with Crippen LogP contribution in [0.15, 0.2) is 28.7 Å². The predicted octanol–water partition coefficient (Wildman–Crippen LogP) is 4.23. The van der Waals surface area contributed by atoms with Gasteiger partial charge in [0.15, 0.2) is 5.78 Å². The van der Waals surface area contributed by atoms with Crippen LogP contribution in [0.5, 0.6) is 0 Å². The molecule has 1 aliphatic rings. The number of halogens is 1. The van der Waals surface area contributed by atoms with Crippen molar-refractivity contribution in [1.29, 1.82) is 0 Å². The number of ketones is 1. The highest BCUT2D eigenvalue weighted by Gasteiger charge is 2.19. The SMILES string of the molecule is CC(OCCC1CCC1)C(=O)c1ccc(Br)cc1. The normalized spacial score (nSPS) is 17.2. The Morgan fingerprint density at radius 2 is 2.06 bits per heavy atom. The van der Waals surface area contributed by atoms with Gasteiger partial charge in [-0.3, -0.25) is 4.79 Å². The van der Waals surface area contributed by atoms with E-state index < -0.39 is 0 Å². The Kier molecular flexibility index (Phi) is 4.95. The minimum Gasteiger partial charge on any atom is -0.370 e. The van der Waals surface area contributed by atoms with Gasteiger partial charge in [-0.05, 0) is 31.4 Å². The van der Waals surface area contributed by atoms with Gasteiger partial charge in [-0.2, -0.15) is 0 Å². The fourth-order valence-corrected chi connectivity index (χ4v) is 2.38. The lowest BCUT2D eigenvalue weighted by molar-refractivity contribution is 0.0395. The third-order valence-electron chi connectivity index (χ3n) is 3.62. The summed E-state index contributed by atoms with van der Waals surface area (Å²) in [6.45, 7) is 2.54. The maximum atomic E-state index is 12.1. The highest BCUT2D eigenvalue weighted by molar-refractivity contribution is 9.10. The molecule has 0 aromatic heterocycles. The summed E-state index contributed by atoms with van der Waals surface area (Å²) in [7, 11) is 0. The van der Waals surface area contributed by atoms with E-state index in [4.69, 9.17) is 4.74 Å². The van der Waals surface area contributed by atoms with E-state index in [9.17, 15) is 4.79 Å². The Morgan fingerprint density at radius 3 is 2.61 bits per heavy atom. The number of carbonyl (C=O) groups is 1. The fraction of sp³-hybridized carbons (Fsp3) is 0.533. The third kappa shape index (κ3) is 3.66. The fourth-order valence-electron chi connectivity index (χ4n) is 2.12. The highest BCUT2D eigenvalue weighted by Crippen LogP contribution is 2.29. The molecule has 1 unspecified atom stereocenters. The van der Waals surface area contributed by atoms with Crippen LogP contribution in [0.2, 0.25) is 0 Å². The Labute approximate surface area is 117 Å². The molecule has 0 N–H and O–H groups in total. The van der Waals surface area contributed by atoms with Crippen LogP contribution in [-0.2, 0) is 4.74 Å². The minimum absolute atomic E-state index is 0.0658. The Bertz CT molecular complexity index is 395. The standard InChI is InChI=1S/C15H19BrO2/c1-11(18-10-9-12-3-2-4-12)15(17)13-5-7-14(16)8-6-13/h5-8,11-12H,2-4,9-10H2,1H3. The number of hydrogen-bond donors (Lipinski definition) is 0. The largest absolute Gasteiger partial charge is 0.370 e. The first-order chi connectivity index (χ1) is 8.66. The zero-order chi connectivity index (χ0) is 13.0. The summed E-state index contributed by atoms with van der Waals surface area (Å²) >= 11 is 3.36. The van der Waals surface area contributed by atoms with Crippen molar-refractivity contribution in [1.82, 2.24) is 0 Å². The topological polar surface area (TPSA) is 26.3 Å². The number of carbonyl (C=O) groups excluding carboxylic acids is 1. The molecule has 1 aromatic carbocycles. The van der Waals surface area contributed by atoms with Crippen LogP contribution in [0.25, 0.3) is 0 Å². The molecule has 1 atom stereocenters. The number of ether oxygens (including phenoxy) is 1. The Balaban J connectivity index is 1.78. The van der Waals surface area contributed by atoms with E-state index in [-0.39, 0.29) is 11.9 Å². The van der Waals surface area contributed by atoms with Crippen molar-refractivity contribution in [3.8, 4) is 0 Å². The van der Waals surface area contributed by atoms with Gasteiger partial charge < -0.3 is 4.74 Å². The first kappa shape index (κ1) is 13.8. The first-order valence-corrected chi connectivity index (χ1v) is 7.37. The van der Waals surface area contributed by atoms with Crippen molar-refractivity contribution in [3.05, 3.63) is 34.3 Å². The van der Waals surface area contributed by atoms with E-state index in [0.717, 1.165) is 16.8 Å². The summed E-state index contributed by atoms with van der Waals surface area (Å²) in [6, 6.07) is 7.43. The molecule has 2 nitrogen and oxygen atoms in total. The maximum Gasteiger partial charge on any atom is 0.191 e. The van der Waals surface area contributed by atoms with Gasteiger partial charge in [-0.1, -0.05) is 47.3 Å². The van der Waals surface area contributed by atoms with Crippen molar-refractivity contribution in [2.24, 2.45) is 5.92 Å². The minimum atomic E-state index is -0.341. The van der Waals surface area contributed by atoms with E-state index in [0.29, 0.717) is 12.2 Å². The highest BCUT2D eigenvalue weighted by atomic mass is 79.9. The van der Waals surface area contributed by atoms with Crippen molar-refractivity contribution >= 4 is 21.7 Å². The number of rotatable bonds is 6. The van der Waals surface area contributed by atoms with E-state index in [1.807, 2.05) is 31.2 Å². The van der Waals surface area contributed by atoms with Gasteiger partial charge in [0.1, 0.15) is 6.10 Å². The smallest absolute Gasteiger partial charge is 0.191 e. The van der Waals surface area contributed by atoms with Crippen LogP contribution in [0.3, 0.4) is 0 Å². The van der Waals surface area contributed by atoms with Crippen molar-refractivity contribution in [2.75, 3.05) is 6.61 Å². The lowest BCUT2D eigenvalue weighted by atomic mass is 9.83. The average molecular weight is 311 g/mol. The summed E-state index contributed by atoms with van der Waals surface area (Å²) in [5.74, 6) is 0.899. The first-order valence-electron chi connectivity index (χ1n) is 6.58. The molecule has 0 radical (unpaired) electrons. The molecule has 1 aliphatic carbocycles. The van der Waals surface area contributed by atoms with Crippen LogP contribution >= 0.6 is 15.9 Å². The average Bonchev–Trinajstić information content (AvgIpc) is 2.32. The summed E-state index contributed by atoms with van der Waals surface area (Å²) < 4.78 is 6.62. The molecule has 18 heavy (non-hydrogen) atoms. The van der Waals surface area contributed by atoms with Gasteiger partial charge in [0.05, 0.1) is 0 Å². The molecule has 1 aromatic rings. The second kappa shape index (κ2) is 6.48.